The summed E-state index contributed by atoms with van der Waals surface area (Å²) in [6.45, 7) is 6.70. The zero-order chi connectivity index (χ0) is 20.3. The zero-order valence-electron chi connectivity index (χ0n) is 17.0. The number of aryl methyl sites for hydroxylation is 1. The van der Waals surface area contributed by atoms with Gasteiger partial charge in [0.25, 0.3) is 0 Å². The molecule has 2 aliphatic rings. The van der Waals surface area contributed by atoms with Gasteiger partial charge in [0, 0.05) is 25.4 Å². The Hall–Kier alpha value is -1.88. The van der Waals surface area contributed by atoms with Gasteiger partial charge in [-0.2, -0.15) is 0 Å². The van der Waals surface area contributed by atoms with Crippen LogP contribution >= 0.6 is 23.1 Å². The van der Waals surface area contributed by atoms with Crippen molar-refractivity contribution >= 4 is 29.0 Å². The summed E-state index contributed by atoms with van der Waals surface area (Å²) in [5.74, 6) is 3.14. The molecule has 0 N–H and O–H groups in total. The van der Waals surface area contributed by atoms with Gasteiger partial charge in [-0.3, -0.25) is 4.57 Å². The van der Waals surface area contributed by atoms with Gasteiger partial charge < -0.3 is 18.8 Å². The maximum Gasteiger partial charge on any atom is 0.236 e. The van der Waals surface area contributed by atoms with Gasteiger partial charge in [-0.1, -0.05) is 17.8 Å². The van der Waals surface area contributed by atoms with Crippen molar-refractivity contribution < 1.29 is 13.9 Å². The van der Waals surface area contributed by atoms with E-state index in [1.807, 2.05) is 24.4 Å². The number of aromatic nitrogens is 4. The Balaban J connectivity index is 1.35. The Morgan fingerprint density at radius 1 is 1.23 bits per heavy atom. The smallest absolute Gasteiger partial charge is 0.236 e. The molecule has 3 aromatic heterocycles. The van der Waals surface area contributed by atoms with Crippen molar-refractivity contribution in [3.05, 3.63) is 29.0 Å². The molecule has 10 heteroatoms. The highest BCUT2D eigenvalue weighted by atomic mass is 32.2. The zero-order valence-corrected chi connectivity index (χ0v) is 18.6. The predicted octanol–water partition coefficient (Wildman–Crippen LogP) is 3.61. The van der Waals surface area contributed by atoms with Gasteiger partial charge in [0.2, 0.25) is 11.8 Å². The number of rotatable bonds is 7. The number of hydrogen-bond acceptors (Lipinski definition) is 9. The molecule has 0 saturated carbocycles. The van der Waals surface area contributed by atoms with E-state index in [-0.39, 0.29) is 6.10 Å². The first kappa shape index (κ1) is 20.0. The van der Waals surface area contributed by atoms with Gasteiger partial charge in [0.05, 0.1) is 36.4 Å². The van der Waals surface area contributed by atoms with Crippen LogP contribution in [0.3, 0.4) is 0 Å². The van der Waals surface area contributed by atoms with Crippen molar-refractivity contribution in [3.63, 3.8) is 0 Å². The van der Waals surface area contributed by atoms with E-state index in [0.717, 1.165) is 79.7 Å². The molecule has 0 amide bonds. The molecule has 2 saturated heterocycles. The Kier molecular flexibility index (Phi) is 6.07. The average molecular weight is 448 g/mol. The standard InChI is InChI=1S/C20H25N5O3S2/c1-14-16(21-18(28-14)17-5-3-11-29-17)13-30-20-23-22-19(24-6-9-26-10-7-24)25(20)12-15-4-2-8-27-15/h3,5,11,15H,2,4,6-10,12-13H2,1H3/t15-/m1/s1. The monoisotopic (exact) mass is 447 g/mol. The first-order chi connectivity index (χ1) is 14.8. The lowest BCUT2D eigenvalue weighted by Crippen LogP contribution is -2.38. The minimum absolute atomic E-state index is 0.222. The van der Waals surface area contributed by atoms with Gasteiger partial charge in [-0.25, -0.2) is 4.98 Å². The maximum atomic E-state index is 5.90. The number of nitrogens with zero attached hydrogens (tertiary/aromatic N) is 5. The van der Waals surface area contributed by atoms with Gasteiger partial charge in [0.1, 0.15) is 5.76 Å². The number of thiophene rings is 1. The topological polar surface area (TPSA) is 78.4 Å². The van der Waals surface area contributed by atoms with Crippen LogP contribution in [0.2, 0.25) is 0 Å². The van der Waals surface area contributed by atoms with E-state index in [4.69, 9.17) is 18.9 Å². The van der Waals surface area contributed by atoms with Gasteiger partial charge in [0.15, 0.2) is 5.16 Å². The molecule has 0 unspecified atom stereocenters. The molecule has 0 aliphatic carbocycles. The Morgan fingerprint density at radius 3 is 2.90 bits per heavy atom. The lowest BCUT2D eigenvalue weighted by Gasteiger charge is -2.28. The molecule has 8 nitrogen and oxygen atoms in total. The van der Waals surface area contributed by atoms with Crippen LogP contribution in [0.25, 0.3) is 10.8 Å². The molecule has 0 aromatic carbocycles. The van der Waals surface area contributed by atoms with Gasteiger partial charge >= 0.3 is 0 Å². The molecular weight excluding hydrogens is 422 g/mol. The number of thioether (sulfide) groups is 1. The first-order valence-electron chi connectivity index (χ1n) is 10.3. The van der Waals surface area contributed by atoms with Crippen LogP contribution in [-0.2, 0) is 21.8 Å². The number of anilines is 1. The van der Waals surface area contributed by atoms with Crippen molar-refractivity contribution in [2.45, 2.75) is 43.3 Å². The lowest BCUT2D eigenvalue weighted by molar-refractivity contribution is 0.0942. The summed E-state index contributed by atoms with van der Waals surface area (Å²) >= 11 is 3.28. The van der Waals surface area contributed by atoms with Crippen LogP contribution in [0.15, 0.2) is 27.1 Å². The van der Waals surface area contributed by atoms with Crippen molar-refractivity contribution in [3.8, 4) is 10.8 Å². The highest BCUT2D eigenvalue weighted by molar-refractivity contribution is 7.98. The summed E-state index contributed by atoms with van der Waals surface area (Å²) in [7, 11) is 0. The van der Waals surface area contributed by atoms with E-state index in [0.29, 0.717) is 11.6 Å². The van der Waals surface area contributed by atoms with E-state index in [9.17, 15) is 0 Å². The molecule has 160 valence electrons. The maximum absolute atomic E-state index is 5.90. The third-order valence-corrected chi connectivity index (χ3v) is 7.20. The summed E-state index contributed by atoms with van der Waals surface area (Å²) in [4.78, 5) is 8.01. The Bertz CT molecular complexity index is 959. The minimum Gasteiger partial charge on any atom is -0.440 e. The van der Waals surface area contributed by atoms with Crippen LogP contribution in [0.1, 0.15) is 24.3 Å². The first-order valence-corrected chi connectivity index (χ1v) is 12.1. The highest BCUT2D eigenvalue weighted by Crippen LogP contribution is 2.31. The second-order valence-electron chi connectivity index (χ2n) is 7.42. The van der Waals surface area contributed by atoms with Crippen LogP contribution in [0, 0.1) is 6.92 Å². The van der Waals surface area contributed by atoms with E-state index in [1.54, 1.807) is 23.1 Å². The second kappa shape index (κ2) is 9.09. The molecule has 2 aliphatic heterocycles. The Morgan fingerprint density at radius 2 is 2.13 bits per heavy atom. The van der Waals surface area contributed by atoms with Crippen molar-refractivity contribution in [2.75, 3.05) is 37.8 Å². The van der Waals surface area contributed by atoms with E-state index < -0.39 is 0 Å². The molecular formula is C20H25N5O3S2. The molecule has 30 heavy (non-hydrogen) atoms. The SMILES string of the molecule is Cc1oc(-c2cccs2)nc1CSc1nnc(N2CCOCC2)n1C[C@H]1CCCO1. The molecule has 5 rings (SSSR count). The predicted molar refractivity (Wildman–Crippen MR) is 116 cm³/mol. The summed E-state index contributed by atoms with van der Waals surface area (Å²) in [6, 6.07) is 4.04. The molecule has 3 aromatic rings. The molecule has 1 atom stereocenters. The lowest BCUT2D eigenvalue weighted by atomic mass is 10.2. The fraction of sp³-hybridized carbons (Fsp3) is 0.550. The minimum atomic E-state index is 0.222. The van der Waals surface area contributed by atoms with E-state index >= 15 is 0 Å². The highest BCUT2D eigenvalue weighted by Gasteiger charge is 2.25. The molecule has 0 bridgehead atoms. The molecule has 2 fully saturated rings. The number of hydrogen-bond donors (Lipinski definition) is 0. The quantitative estimate of drug-likeness (QED) is 0.508. The van der Waals surface area contributed by atoms with Crippen molar-refractivity contribution in [1.82, 2.24) is 19.7 Å². The summed E-state index contributed by atoms with van der Waals surface area (Å²) in [6.07, 6.45) is 2.42. The summed E-state index contributed by atoms with van der Waals surface area (Å²) < 4.78 is 19.5. The van der Waals surface area contributed by atoms with Crippen LogP contribution < -0.4 is 4.90 Å². The number of oxazole rings is 1. The van der Waals surface area contributed by atoms with Crippen molar-refractivity contribution in [2.24, 2.45) is 0 Å². The molecule has 5 heterocycles. The second-order valence-corrected chi connectivity index (χ2v) is 9.31. The largest absolute Gasteiger partial charge is 0.440 e. The van der Waals surface area contributed by atoms with Gasteiger partial charge in [-0.15, -0.1) is 21.5 Å². The van der Waals surface area contributed by atoms with Crippen LogP contribution in [-0.4, -0.2) is 58.8 Å². The van der Waals surface area contributed by atoms with Crippen LogP contribution in [0.4, 0.5) is 5.95 Å². The fourth-order valence-corrected chi connectivity index (χ4v) is 5.33. The number of morpholine rings is 1. The summed E-state index contributed by atoms with van der Waals surface area (Å²) in [5, 5.41) is 12.0. The van der Waals surface area contributed by atoms with E-state index in [2.05, 4.69) is 19.7 Å². The van der Waals surface area contributed by atoms with Crippen LogP contribution in [0.5, 0.6) is 0 Å². The third-order valence-electron chi connectivity index (χ3n) is 5.36. The third kappa shape index (κ3) is 4.27. The Labute approximate surface area is 183 Å². The average Bonchev–Trinajstić information content (AvgIpc) is 3.56. The fourth-order valence-electron chi connectivity index (χ4n) is 3.74. The van der Waals surface area contributed by atoms with E-state index in [1.165, 1.54) is 0 Å². The van der Waals surface area contributed by atoms with Crippen molar-refractivity contribution in [1.29, 1.82) is 0 Å². The molecule has 0 spiro atoms. The molecule has 0 radical (unpaired) electrons. The summed E-state index contributed by atoms with van der Waals surface area (Å²) in [5.41, 5.74) is 0.947. The van der Waals surface area contributed by atoms with Gasteiger partial charge in [-0.05, 0) is 31.2 Å². The number of ether oxygens (including phenoxy) is 2. The normalized spacial score (nSPS) is 19.6.